The van der Waals surface area contributed by atoms with E-state index in [1.54, 1.807) is 10.7 Å². The number of carbonyl (C=O) groups excluding carboxylic acids is 1. The highest BCUT2D eigenvalue weighted by atomic mass is 32.1. The molecule has 1 aliphatic heterocycles. The summed E-state index contributed by atoms with van der Waals surface area (Å²) in [4.78, 5) is 23.3. The molecule has 4 heterocycles. The Morgan fingerprint density at radius 3 is 2.66 bits per heavy atom. The highest BCUT2D eigenvalue weighted by molar-refractivity contribution is 7.59. The zero-order chi connectivity index (χ0) is 22.1. The first-order valence-electron chi connectivity index (χ1n) is 10.5. The molecule has 9 heteroatoms. The molecule has 32 heavy (non-hydrogen) atoms. The fourth-order valence-electron chi connectivity index (χ4n) is 4.11. The Hall–Kier alpha value is -2.94. The Morgan fingerprint density at radius 2 is 1.97 bits per heavy atom. The molecule has 1 amide bonds. The van der Waals surface area contributed by atoms with Crippen molar-refractivity contribution < 1.29 is 9.18 Å². The number of fused-ring (bicyclic) bond motifs is 1. The summed E-state index contributed by atoms with van der Waals surface area (Å²) in [7, 11) is 1.97. The molecule has 0 radical (unpaired) electrons. The zero-order valence-corrected chi connectivity index (χ0v) is 19.8. The van der Waals surface area contributed by atoms with Crippen LogP contribution in [0, 0.1) is 18.7 Å². The normalized spacial score (nSPS) is 15.4. The first kappa shape index (κ1) is 23.7. The van der Waals surface area contributed by atoms with Crippen molar-refractivity contribution >= 4 is 30.8 Å². The molecule has 7 nitrogen and oxygen atoms in total. The lowest BCUT2D eigenvalue weighted by Gasteiger charge is -2.38. The molecule has 3 aromatic rings. The number of amides is 1. The van der Waals surface area contributed by atoms with E-state index in [-0.39, 0.29) is 37.2 Å². The lowest BCUT2D eigenvalue weighted by atomic mass is 9.97. The first-order valence-corrected chi connectivity index (χ1v) is 10.5. The second-order valence-corrected chi connectivity index (χ2v) is 8.40. The second-order valence-electron chi connectivity index (χ2n) is 8.40. The number of nitrogens with one attached hydrogen (secondary N) is 1. The van der Waals surface area contributed by atoms with Gasteiger partial charge in [-0.15, -0.1) is 0 Å². The molecule has 3 aromatic heterocycles. The van der Waals surface area contributed by atoms with E-state index in [4.69, 9.17) is 4.98 Å². The predicted octanol–water partition coefficient (Wildman–Crippen LogP) is 3.48. The van der Waals surface area contributed by atoms with Crippen LogP contribution >= 0.6 is 13.5 Å². The van der Waals surface area contributed by atoms with Crippen LogP contribution in [0.2, 0.25) is 0 Å². The van der Waals surface area contributed by atoms with Gasteiger partial charge in [-0.3, -0.25) is 19.4 Å². The first-order chi connectivity index (χ1) is 14.8. The highest BCUT2D eigenvalue weighted by Gasteiger charge is 2.34. The van der Waals surface area contributed by atoms with Gasteiger partial charge in [0.25, 0.3) is 0 Å². The Morgan fingerprint density at radius 1 is 1.19 bits per heavy atom. The molecule has 0 aromatic carbocycles. The average Bonchev–Trinajstić information content (AvgIpc) is 3.16. The van der Waals surface area contributed by atoms with E-state index in [9.17, 15) is 9.18 Å². The van der Waals surface area contributed by atoms with Gasteiger partial charge in [0.15, 0.2) is 0 Å². The molecular formula is C23H29FN6OS. The van der Waals surface area contributed by atoms with Gasteiger partial charge in [0.1, 0.15) is 11.9 Å². The number of carbonyl (C=O) groups is 1. The summed E-state index contributed by atoms with van der Waals surface area (Å²) in [6.45, 7) is 6.54. The summed E-state index contributed by atoms with van der Waals surface area (Å²) < 4.78 is 14.8. The summed E-state index contributed by atoms with van der Waals surface area (Å²) >= 11 is 0. The van der Waals surface area contributed by atoms with Crippen molar-refractivity contribution in [1.82, 2.24) is 19.7 Å². The van der Waals surface area contributed by atoms with E-state index in [0.717, 1.165) is 46.9 Å². The van der Waals surface area contributed by atoms with Crippen LogP contribution in [0.25, 0.3) is 0 Å². The fourth-order valence-corrected chi connectivity index (χ4v) is 4.11. The van der Waals surface area contributed by atoms with Gasteiger partial charge in [-0.05, 0) is 49.4 Å². The van der Waals surface area contributed by atoms with Gasteiger partial charge in [-0.1, -0.05) is 13.8 Å². The largest absolute Gasteiger partial charge is 0.361 e. The van der Waals surface area contributed by atoms with Gasteiger partial charge in [0.2, 0.25) is 5.91 Å². The van der Waals surface area contributed by atoms with E-state index in [0.29, 0.717) is 6.54 Å². The van der Waals surface area contributed by atoms with Crippen molar-refractivity contribution in [3.8, 4) is 0 Å². The maximum atomic E-state index is 13.0. The lowest BCUT2D eigenvalue weighted by molar-refractivity contribution is -0.118. The standard InChI is InChI=1S/C23H27FN6O.H2S/c1-14(2)22-23(31)28-21-15(3)27-18(9-20(21)29(22)4)7-5-16-10-26-30(12-16)13-19-8-6-17(24)11-25-19;/h6,8-12,14,22H,5,7,13H2,1-4H3,(H,28,31);1H2/t22-;/m0./s1. The Labute approximate surface area is 194 Å². The number of rotatable bonds is 6. The summed E-state index contributed by atoms with van der Waals surface area (Å²) in [6, 6.07) is 4.95. The molecule has 0 aliphatic carbocycles. The smallest absolute Gasteiger partial charge is 0.247 e. The monoisotopic (exact) mass is 456 g/mol. The maximum Gasteiger partial charge on any atom is 0.247 e. The third-order valence-electron chi connectivity index (χ3n) is 5.65. The molecular weight excluding hydrogens is 427 g/mol. The summed E-state index contributed by atoms with van der Waals surface area (Å²) in [5.74, 6) is -0.120. The minimum atomic E-state index is -0.345. The SMILES string of the molecule is Cc1nc(CCc2cnn(Cc3ccc(F)cn3)c2)cc2c1NC(=O)[C@H](C(C)C)N2C.S. The molecule has 4 rings (SSSR count). The number of hydrogen-bond acceptors (Lipinski definition) is 5. The lowest BCUT2D eigenvalue weighted by Crippen LogP contribution is -2.49. The Kier molecular flexibility index (Phi) is 7.18. The molecule has 0 saturated carbocycles. The van der Waals surface area contributed by atoms with Gasteiger partial charge in [-0.25, -0.2) is 4.39 Å². The van der Waals surface area contributed by atoms with Crippen LogP contribution in [-0.2, 0) is 24.2 Å². The molecule has 1 N–H and O–H groups in total. The van der Waals surface area contributed by atoms with Gasteiger partial charge in [-0.2, -0.15) is 18.6 Å². The van der Waals surface area contributed by atoms with Crippen LogP contribution in [0.15, 0.2) is 36.8 Å². The number of pyridine rings is 2. The number of aryl methyl sites for hydroxylation is 3. The minimum Gasteiger partial charge on any atom is -0.361 e. The summed E-state index contributed by atoms with van der Waals surface area (Å²) in [6.07, 6.45) is 6.61. The average molecular weight is 457 g/mol. The topological polar surface area (TPSA) is 75.9 Å². The van der Waals surface area contributed by atoms with E-state index >= 15 is 0 Å². The number of hydrogen-bond donors (Lipinski definition) is 1. The van der Waals surface area contributed by atoms with Gasteiger partial charge < -0.3 is 10.2 Å². The number of halogens is 1. The van der Waals surface area contributed by atoms with Crippen molar-refractivity contribution in [2.45, 2.75) is 46.2 Å². The Bertz CT molecular complexity index is 1100. The number of likely N-dealkylation sites (N-methyl/N-ethyl adjacent to an activating group) is 1. The van der Waals surface area contributed by atoms with E-state index < -0.39 is 0 Å². The van der Waals surface area contributed by atoms with E-state index in [2.05, 4.69) is 40.2 Å². The third-order valence-corrected chi connectivity index (χ3v) is 5.65. The summed E-state index contributed by atoms with van der Waals surface area (Å²) in [5.41, 5.74) is 5.48. The number of anilines is 2. The van der Waals surface area contributed by atoms with Crippen LogP contribution < -0.4 is 10.2 Å². The molecule has 0 spiro atoms. The van der Waals surface area contributed by atoms with Crippen molar-refractivity contribution in [2.75, 3.05) is 17.3 Å². The third kappa shape index (κ3) is 4.93. The van der Waals surface area contributed by atoms with E-state index in [1.165, 1.54) is 12.3 Å². The van der Waals surface area contributed by atoms with Crippen LogP contribution in [0.4, 0.5) is 15.8 Å². The van der Waals surface area contributed by atoms with E-state index in [1.807, 2.05) is 26.4 Å². The van der Waals surface area contributed by atoms with Gasteiger partial charge in [0, 0.05) is 18.9 Å². The van der Waals surface area contributed by atoms with Gasteiger partial charge >= 0.3 is 0 Å². The zero-order valence-electron chi connectivity index (χ0n) is 18.8. The number of aromatic nitrogens is 4. The molecule has 1 atom stereocenters. The summed E-state index contributed by atoms with van der Waals surface area (Å²) in [5, 5.41) is 7.43. The quantitative estimate of drug-likeness (QED) is 0.615. The minimum absolute atomic E-state index is 0. The molecule has 0 bridgehead atoms. The van der Waals surface area contributed by atoms with Crippen molar-refractivity contribution in [3.63, 3.8) is 0 Å². The van der Waals surface area contributed by atoms with Crippen LogP contribution in [-0.4, -0.2) is 38.7 Å². The highest BCUT2D eigenvalue weighted by Crippen LogP contribution is 2.35. The van der Waals surface area contributed by atoms with Gasteiger partial charge in [0.05, 0.1) is 41.7 Å². The maximum absolute atomic E-state index is 13.0. The van der Waals surface area contributed by atoms with Crippen molar-refractivity contribution in [2.24, 2.45) is 5.92 Å². The van der Waals surface area contributed by atoms with Crippen LogP contribution in [0.1, 0.15) is 36.5 Å². The molecule has 1 aliphatic rings. The fraction of sp³-hybridized carbons (Fsp3) is 0.391. The molecule has 0 unspecified atom stereocenters. The molecule has 0 saturated heterocycles. The Balaban J connectivity index is 0.00000289. The van der Waals surface area contributed by atoms with Crippen molar-refractivity contribution in [1.29, 1.82) is 0 Å². The van der Waals surface area contributed by atoms with Crippen LogP contribution in [0.3, 0.4) is 0 Å². The predicted molar refractivity (Wildman–Crippen MR) is 128 cm³/mol. The second kappa shape index (κ2) is 9.68. The molecule has 170 valence electrons. The molecule has 0 fully saturated rings. The van der Waals surface area contributed by atoms with Crippen molar-refractivity contribution in [3.05, 3.63) is 65.3 Å². The van der Waals surface area contributed by atoms with Crippen LogP contribution in [0.5, 0.6) is 0 Å². The number of nitrogens with zero attached hydrogens (tertiary/aromatic N) is 5.